The van der Waals surface area contributed by atoms with E-state index < -0.39 is 22.9 Å². The van der Waals surface area contributed by atoms with E-state index in [0.717, 1.165) is 14.8 Å². The van der Waals surface area contributed by atoms with E-state index in [9.17, 15) is 14.4 Å². The van der Waals surface area contributed by atoms with Crippen LogP contribution in [0, 0.1) is 0 Å². The number of carbonyl (C=O) groups excluding carboxylic acids is 1. The molecule has 2 aromatic heterocycles. The van der Waals surface area contributed by atoms with Gasteiger partial charge in [0.2, 0.25) is 5.69 Å². The van der Waals surface area contributed by atoms with Crippen LogP contribution in [-0.4, -0.2) is 25.2 Å². The van der Waals surface area contributed by atoms with E-state index in [1.54, 1.807) is 55.7 Å². The molecule has 0 fully saturated rings. The Morgan fingerprint density at radius 3 is 2.42 bits per heavy atom. The summed E-state index contributed by atoms with van der Waals surface area (Å²) >= 11 is 5.97. The first kappa shape index (κ1) is 22.2. The minimum atomic E-state index is -0.785. The summed E-state index contributed by atoms with van der Waals surface area (Å²) in [7, 11) is 0. The quantitative estimate of drug-likeness (QED) is 0.476. The molecule has 1 unspecified atom stereocenters. The number of carbonyl (C=O) groups is 1. The van der Waals surface area contributed by atoms with Gasteiger partial charge in [-0.2, -0.15) is 9.78 Å². The predicted molar refractivity (Wildman–Crippen MR) is 125 cm³/mol. The molecule has 1 atom stereocenters. The van der Waals surface area contributed by atoms with Gasteiger partial charge < -0.3 is 5.32 Å². The second kappa shape index (κ2) is 9.62. The van der Waals surface area contributed by atoms with Gasteiger partial charge in [0.05, 0.1) is 18.3 Å². The largest absolute Gasteiger partial charge is 0.352 e. The number of amides is 1. The van der Waals surface area contributed by atoms with Gasteiger partial charge >= 0.3 is 5.69 Å². The molecule has 33 heavy (non-hydrogen) atoms. The van der Waals surface area contributed by atoms with Gasteiger partial charge in [0, 0.05) is 17.4 Å². The third-order valence-electron chi connectivity index (χ3n) is 5.06. The van der Waals surface area contributed by atoms with Crippen LogP contribution in [-0.2, 0) is 6.54 Å². The summed E-state index contributed by atoms with van der Waals surface area (Å²) in [5, 5.41) is 7.39. The van der Waals surface area contributed by atoms with Crippen LogP contribution in [0.5, 0.6) is 0 Å². The lowest BCUT2D eigenvalue weighted by molar-refractivity contribution is 0.0930. The maximum Gasteiger partial charge on any atom is 0.352 e. The zero-order valence-electron chi connectivity index (χ0n) is 17.7. The maximum atomic E-state index is 13.2. The normalized spacial score (nSPS) is 11.7. The molecule has 2 aromatic carbocycles. The molecule has 0 saturated carbocycles. The average molecular weight is 462 g/mol. The zero-order valence-corrected chi connectivity index (χ0v) is 18.4. The molecule has 0 aliphatic heterocycles. The molecule has 1 amide bonds. The first-order valence-corrected chi connectivity index (χ1v) is 10.6. The van der Waals surface area contributed by atoms with E-state index in [1.165, 1.54) is 0 Å². The van der Waals surface area contributed by atoms with Crippen molar-refractivity contribution in [3.8, 4) is 5.69 Å². The summed E-state index contributed by atoms with van der Waals surface area (Å²) in [6.45, 7) is 1.74. The van der Waals surface area contributed by atoms with Crippen LogP contribution in [0.4, 0.5) is 0 Å². The Bertz CT molecular complexity index is 1380. The summed E-state index contributed by atoms with van der Waals surface area (Å²) in [6.07, 6.45) is 3.14. The van der Waals surface area contributed by atoms with Crippen molar-refractivity contribution in [2.75, 3.05) is 0 Å². The molecular formula is C24H20ClN5O3. The molecule has 166 valence electrons. The number of rotatable bonds is 6. The van der Waals surface area contributed by atoms with Crippen molar-refractivity contribution in [3.63, 3.8) is 0 Å². The standard InChI is InChI=1S/C24H20ClN5O3/c1-16(18-7-3-2-4-8-18)27-22(31)21-23(32)29(15-17-6-5-13-26-14-17)24(33)30(28-21)20-11-9-19(25)10-12-20/h2-14,16H,15H2,1H3,(H,27,31). The van der Waals surface area contributed by atoms with Crippen LogP contribution < -0.4 is 16.6 Å². The topological polar surface area (TPSA) is 98.9 Å². The second-order valence-electron chi connectivity index (χ2n) is 7.38. The molecule has 0 saturated heterocycles. The van der Waals surface area contributed by atoms with Crippen LogP contribution in [0.2, 0.25) is 5.02 Å². The molecule has 0 radical (unpaired) electrons. The Hall–Kier alpha value is -4.04. The smallest absolute Gasteiger partial charge is 0.344 e. The number of halogens is 1. The fourth-order valence-electron chi connectivity index (χ4n) is 3.31. The molecule has 1 N–H and O–H groups in total. The van der Waals surface area contributed by atoms with Gasteiger partial charge in [0.25, 0.3) is 11.5 Å². The minimum Gasteiger partial charge on any atom is -0.344 e. The van der Waals surface area contributed by atoms with Crippen molar-refractivity contribution in [3.05, 3.63) is 122 Å². The Morgan fingerprint density at radius 2 is 1.76 bits per heavy atom. The summed E-state index contributed by atoms with van der Waals surface area (Å²) < 4.78 is 2.00. The molecule has 4 rings (SSSR count). The fourth-order valence-corrected chi connectivity index (χ4v) is 3.44. The third kappa shape index (κ3) is 4.91. The Balaban J connectivity index is 1.80. The number of pyridine rings is 1. The molecule has 2 heterocycles. The van der Waals surface area contributed by atoms with Gasteiger partial charge in [-0.05, 0) is 48.4 Å². The Kier molecular flexibility index (Phi) is 6.46. The highest BCUT2D eigenvalue weighted by molar-refractivity contribution is 6.30. The first-order valence-electron chi connectivity index (χ1n) is 10.2. The van der Waals surface area contributed by atoms with Gasteiger partial charge in [-0.15, -0.1) is 0 Å². The maximum absolute atomic E-state index is 13.2. The summed E-state index contributed by atoms with van der Waals surface area (Å²) in [4.78, 5) is 43.4. The highest BCUT2D eigenvalue weighted by Gasteiger charge is 2.22. The SMILES string of the molecule is CC(NC(=O)c1nn(-c2ccc(Cl)cc2)c(=O)n(Cc2cccnc2)c1=O)c1ccccc1. The van der Waals surface area contributed by atoms with E-state index in [-0.39, 0.29) is 12.6 Å². The molecule has 8 nitrogen and oxygen atoms in total. The van der Waals surface area contributed by atoms with Gasteiger partial charge in [0.15, 0.2) is 0 Å². The van der Waals surface area contributed by atoms with E-state index >= 15 is 0 Å². The predicted octanol–water partition coefficient (Wildman–Crippen LogP) is 2.98. The van der Waals surface area contributed by atoms with Crippen LogP contribution in [0.3, 0.4) is 0 Å². The van der Waals surface area contributed by atoms with E-state index in [1.807, 2.05) is 30.3 Å². The van der Waals surface area contributed by atoms with Crippen molar-refractivity contribution in [1.82, 2.24) is 24.6 Å². The Labute approximate surface area is 194 Å². The van der Waals surface area contributed by atoms with Crippen LogP contribution in [0.15, 0.2) is 88.7 Å². The molecule has 0 spiro atoms. The minimum absolute atomic E-state index is 0.0594. The molecular weight excluding hydrogens is 442 g/mol. The molecule has 0 aliphatic carbocycles. The lowest BCUT2D eigenvalue weighted by Gasteiger charge is -2.15. The molecule has 4 aromatic rings. The van der Waals surface area contributed by atoms with Crippen LogP contribution >= 0.6 is 11.6 Å². The fraction of sp³-hybridized carbons (Fsp3) is 0.125. The lowest BCUT2D eigenvalue weighted by Crippen LogP contribution is -2.46. The van der Waals surface area contributed by atoms with Gasteiger partial charge in [-0.3, -0.25) is 19.1 Å². The van der Waals surface area contributed by atoms with Gasteiger partial charge in [0.1, 0.15) is 0 Å². The summed E-state index contributed by atoms with van der Waals surface area (Å²) in [6, 6.07) is 18.8. The highest BCUT2D eigenvalue weighted by atomic mass is 35.5. The third-order valence-corrected chi connectivity index (χ3v) is 5.31. The van der Waals surface area contributed by atoms with E-state index in [2.05, 4.69) is 15.4 Å². The number of aromatic nitrogens is 4. The number of nitrogens with zero attached hydrogens (tertiary/aromatic N) is 4. The van der Waals surface area contributed by atoms with Gasteiger partial charge in [-0.25, -0.2) is 4.79 Å². The number of hydrogen-bond donors (Lipinski definition) is 1. The molecule has 0 aliphatic rings. The highest BCUT2D eigenvalue weighted by Crippen LogP contribution is 2.13. The second-order valence-corrected chi connectivity index (χ2v) is 7.81. The monoisotopic (exact) mass is 461 g/mol. The number of nitrogens with one attached hydrogen (secondary N) is 1. The van der Waals surface area contributed by atoms with Crippen LogP contribution in [0.1, 0.15) is 34.6 Å². The van der Waals surface area contributed by atoms with Crippen molar-refractivity contribution in [2.24, 2.45) is 0 Å². The zero-order chi connectivity index (χ0) is 23.4. The number of benzene rings is 2. The first-order chi connectivity index (χ1) is 15.9. The molecule has 0 bridgehead atoms. The summed E-state index contributed by atoms with van der Waals surface area (Å²) in [5.41, 5.74) is 0.0125. The number of hydrogen-bond acceptors (Lipinski definition) is 5. The lowest BCUT2D eigenvalue weighted by atomic mass is 10.1. The molecule has 9 heteroatoms. The summed E-state index contributed by atoms with van der Waals surface area (Å²) in [5.74, 6) is -0.681. The van der Waals surface area contributed by atoms with E-state index in [4.69, 9.17) is 11.6 Å². The van der Waals surface area contributed by atoms with Crippen molar-refractivity contribution < 1.29 is 4.79 Å². The average Bonchev–Trinajstić information content (AvgIpc) is 2.83. The van der Waals surface area contributed by atoms with Gasteiger partial charge in [-0.1, -0.05) is 48.0 Å². The Morgan fingerprint density at radius 1 is 1.03 bits per heavy atom. The van der Waals surface area contributed by atoms with Crippen molar-refractivity contribution >= 4 is 17.5 Å². The van der Waals surface area contributed by atoms with Crippen molar-refractivity contribution in [1.29, 1.82) is 0 Å². The van der Waals surface area contributed by atoms with E-state index in [0.29, 0.717) is 16.3 Å². The van der Waals surface area contributed by atoms with Crippen molar-refractivity contribution in [2.45, 2.75) is 19.5 Å². The van der Waals surface area contributed by atoms with Crippen LogP contribution in [0.25, 0.3) is 5.69 Å².